The van der Waals surface area contributed by atoms with Crippen molar-refractivity contribution in [2.24, 2.45) is 5.73 Å². The fourth-order valence-corrected chi connectivity index (χ4v) is 1.83. The molecule has 25 heavy (non-hydrogen) atoms. The minimum absolute atomic E-state index is 0.230. The smallest absolute Gasteiger partial charge is 0.322 e. The standard InChI is InChI=1S/C14H22N6O5/c1-7(12(23)17-5-11(21)22)19-13(24)8(2)20-14(25)10(15)3-9-4-16-6-18-9/h4,6-8,10H,3,5,15H2,1-2H3,(H,16,18)(H,17,23)(H,19,24)(H,20,25)(H,21,22)/t7-,8-,10-/m0/s1. The Balaban J connectivity index is 2.43. The van der Waals surface area contributed by atoms with Gasteiger partial charge in [0.1, 0.15) is 18.6 Å². The lowest BCUT2D eigenvalue weighted by molar-refractivity contribution is -0.138. The number of carboxylic acids is 1. The molecule has 11 heteroatoms. The molecule has 1 rings (SSSR count). The van der Waals surface area contributed by atoms with Crippen LogP contribution < -0.4 is 21.7 Å². The summed E-state index contributed by atoms with van der Waals surface area (Å²) in [6.07, 6.45) is 3.24. The predicted octanol–water partition coefficient (Wildman–Crippen LogP) is -2.51. The van der Waals surface area contributed by atoms with Crippen molar-refractivity contribution in [2.75, 3.05) is 6.54 Å². The summed E-state index contributed by atoms with van der Waals surface area (Å²) in [5.74, 6) is -2.97. The first-order chi connectivity index (χ1) is 11.7. The Hall–Kier alpha value is -2.95. The molecule has 1 aromatic rings. The van der Waals surface area contributed by atoms with E-state index in [1.807, 2.05) is 0 Å². The molecule has 0 radical (unpaired) electrons. The van der Waals surface area contributed by atoms with Crippen LogP contribution in [0.2, 0.25) is 0 Å². The number of nitrogens with zero attached hydrogens (tertiary/aromatic N) is 1. The quantitative estimate of drug-likeness (QED) is 0.283. The van der Waals surface area contributed by atoms with Gasteiger partial charge in [0.2, 0.25) is 17.7 Å². The normalized spacial score (nSPS) is 14.0. The second kappa shape index (κ2) is 9.37. The molecule has 0 aliphatic heterocycles. The van der Waals surface area contributed by atoms with Crippen molar-refractivity contribution in [3.8, 4) is 0 Å². The van der Waals surface area contributed by atoms with Crippen LogP contribution in [0, 0.1) is 0 Å². The molecule has 1 aromatic heterocycles. The molecular formula is C14H22N6O5. The summed E-state index contributed by atoms with van der Waals surface area (Å²) in [6, 6.07) is -2.74. The van der Waals surface area contributed by atoms with Crippen molar-refractivity contribution < 1.29 is 24.3 Å². The maximum atomic E-state index is 12.0. The van der Waals surface area contributed by atoms with Crippen LogP contribution in [0.15, 0.2) is 12.5 Å². The number of H-pyrrole nitrogens is 1. The molecule has 11 nitrogen and oxygen atoms in total. The van der Waals surface area contributed by atoms with Crippen molar-refractivity contribution in [1.82, 2.24) is 25.9 Å². The highest BCUT2D eigenvalue weighted by molar-refractivity contribution is 5.93. The third-order valence-electron chi connectivity index (χ3n) is 3.25. The van der Waals surface area contributed by atoms with Gasteiger partial charge in [-0.3, -0.25) is 19.2 Å². The van der Waals surface area contributed by atoms with E-state index in [9.17, 15) is 19.2 Å². The molecule has 0 unspecified atom stereocenters. The van der Waals surface area contributed by atoms with E-state index in [1.54, 1.807) is 6.20 Å². The fraction of sp³-hybridized carbons (Fsp3) is 0.500. The summed E-state index contributed by atoms with van der Waals surface area (Å²) in [4.78, 5) is 52.6. The Morgan fingerprint density at radius 2 is 1.76 bits per heavy atom. The number of carbonyl (C=O) groups is 4. The Morgan fingerprint density at radius 3 is 2.32 bits per heavy atom. The molecular weight excluding hydrogens is 332 g/mol. The topological polar surface area (TPSA) is 179 Å². The molecule has 0 saturated carbocycles. The zero-order valence-electron chi connectivity index (χ0n) is 13.9. The first-order valence-corrected chi connectivity index (χ1v) is 7.53. The molecule has 1 heterocycles. The second-order valence-electron chi connectivity index (χ2n) is 5.46. The summed E-state index contributed by atoms with van der Waals surface area (Å²) in [5.41, 5.74) is 6.45. The summed E-state index contributed by atoms with van der Waals surface area (Å²) >= 11 is 0. The average molecular weight is 354 g/mol. The highest BCUT2D eigenvalue weighted by Gasteiger charge is 2.23. The number of carbonyl (C=O) groups excluding carboxylic acids is 3. The van der Waals surface area contributed by atoms with E-state index in [0.29, 0.717) is 5.69 Å². The molecule has 7 N–H and O–H groups in total. The van der Waals surface area contributed by atoms with Gasteiger partial charge in [-0.15, -0.1) is 0 Å². The number of aliphatic carboxylic acids is 1. The Bertz CT molecular complexity index is 617. The largest absolute Gasteiger partial charge is 0.480 e. The maximum Gasteiger partial charge on any atom is 0.322 e. The molecule has 0 spiro atoms. The molecule has 3 atom stereocenters. The number of carboxylic acid groups (broad SMARTS) is 1. The molecule has 0 aliphatic carbocycles. The van der Waals surface area contributed by atoms with Crippen LogP contribution in [-0.4, -0.2) is 63.4 Å². The third kappa shape index (κ3) is 6.99. The third-order valence-corrected chi connectivity index (χ3v) is 3.25. The monoisotopic (exact) mass is 354 g/mol. The minimum atomic E-state index is -1.20. The van der Waals surface area contributed by atoms with E-state index in [-0.39, 0.29) is 6.42 Å². The number of hydrogen-bond donors (Lipinski definition) is 6. The summed E-state index contributed by atoms with van der Waals surface area (Å²) in [5, 5.41) is 15.5. The van der Waals surface area contributed by atoms with Crippen LogP contribution in [0.3, 0.4) is 0 Å². The highest BCUT2D eigenvalue weighted by atomic mass is 16.4. The van der Waals surface area contributed by atoms with Gasteiger partial charge in [-0.1, -0.05) is 0 Å². The number of aromatic amines is 1. The molecule has 0 aliphatic rings. The van der Waals surface area contributed by atoms with Gasteiger partial charge < -0.3 is 31.8 Å². The zero-order chi connectivity index (χ0) is 19.0. The predicted molar refractivity (Wildman–Crippen MR) is 86.1 cm³/mol. The van der Waals surface area contributed by atoms with Crippen LogP contribution in [0.1, 0.15) is 19.5 Å². The molecule has 138 valence electrons. The van der Waals surface area contributed by atoms with Gasteiger partial charge in [0.25, 0.3) is 0 Å². The minimum Gasteiger partial charge on any atom is -0.480 e. The number of nitrogens with two attached hydrogens (primary N) is 1. The number of nitrogens with one attached hydrogen (secondary N) is 4. The van der Waals surface area contributed by atoms with Gasteiger partial charge >= 0.3 is 5.97 Å². The van der Waals surface area contributed by atoms with Crippen LogP contribution in [0.25, 0.3) is 0 Å². The Labute approximate surface area is 143 Å². The Morgan fingerprint density at radius 1 is 1.16 bits per heavy atom. The molecule has 0 saturated heterocycles. The Kier molecular flexibility index (Phi) is 7.53. The van der Waals surface area contributed by atoms with Gasteiger partial charge in [-0.05, 0) is 13.8 Å². The second-order valence-corrected chi connectivity index (χ2v) is 5.46. The van der Waals surface area contributed by atoms with Gasteiger partial charge in [0, 0.05) is 18.3 Å². The lowest BCUT2D eigenvalue weighted by atomic mass is 10.1. The molecule has 0 aromatic carbocycles. The average Bonchev–Trinajstić information content (AvgIpc) is 3.04. The van der Waals surface area contributed by atoms with Crippen molar-refractivity contribution in [3.63, 3.8) is 0 Å². The lowest BCUT2D eigenvalue weighted by Gasteiger charge is -2.19. The first kappa shape index (κ1) is 20.1. The number of rotatable bonds is 9. The fourth-order valence-electron chi connectivity index (χ4n) is 1.83. The maximum absolute atomic E-state index is 12.0. The van der Waals surface area contributed by atoms with Gasteiger partial charge in [0.15, 0.2) is 0 Å². The number of hydrogen-bond acceptors (Lipinski definition) is 6. The highest BCUT2D eigenvalue weighted by Crippen LogP contribution is 1.97. The van der Waals surface area contributed by atoms with Gasteiger partial charge in [0.05, 0.1) is 12.4 Å². The van der Waals surface area contributed by atoms with E-state index in [2.05, 4.69) is 25.9 Å². The van der Waals surface area contributed by atoms with E-state index < -0.39 is 48.4 Å². The number of aromatic nitrogens is 2. The van der Waals surface area contributed by atoms with Crippen molar-refractivity contribution in [1.29, 1.82) is 0 Å². The van der Waals surface area contributed by atoms with E-state index >= 15 is 0 Å². The summed E-state index contributed by atoms with van der Waals surface area (Å²) in [7, 11) is 0. The van der Waals surface area contributed by atoms with Crippen LogP contribution in [0.5, 0.6) is 0 Å². The molecule has 0 fully saturated rings. The number of imidazole rings is 1. The van der Waals surface area contributed by atoms with Crippen LogP contribution in [-0.2, 0) is 25.6 Å². The lowest BCUT2D eigenvalue weighted by Crippen LogP contribution is -2.54. The van der Waals surface area contributed by atoms with Gasteiger partial charge in [-0.25, -0.2) is 4.98 Å². The van der Waals surface area contributed by atoms with Crippen molar-refractivity contribution in [2.45, 2.75) is 38.4 Å². The van der Waals surface area contributed by atoms with Crippen molar-refractivity contribution >= 4 is 23.7 Å². The van der Waals surface area contributed by atoms with E-state index in [0.717, 1.165) is 0 Å². The van der Waals surface area contributed by atoms with Crippen LogP contribution >= 0.6 is 0 Å². The molecule has 0 bridgehead atoms. The SMILES string of the molecule is C[C@H](NC(=O)[C@H](C)NC(=O)[C@@H](N)Cc1cnc[nH]1)C(=O)NCC(=O)O. The van der Waals surface area contributed by atoms with Gasteiger partial charge in [-0.2, -0.15) is 0 Å². The molecule has 3 amide bonds. The van der Waals surface area contributed by atoms with E-state index in [1.165, 1.54) is 20.2 Å². The van der Waals surface area contributed by atoms with Crippen LogP contribution in [0.4, 0.5) is 0 Å². The van der Waals surface area contributed by atoms with Crippen molar-refractivity contribution in [3.05, 3.63) is 18.2 Å². The summed E-state index contributed by atoms with van der Waals surface area (Å²) < 4.78 is 0. The zero-order valence-corrected chi connectivity index (χ0v) is 13.9. The summed E-state index contributed by atoms with van der Waals surface area (Å²) in [6.45, 7) is 2.29. The number of amides is 3. The van der Waals surface area contributed by atoms with E-state index in [4.69, 9.17) is 10.8 Å². The first-order valence-electron chi connectivity index (χ1n) is 7.53.